The van der Waals surface area contributed by atoms with Crippen molar-refractivity contribution >= 4 is 0 Å². The molecule has 2 unspecified atom stereocenters. The van der Waals surface area contributed by atoms with Crippen molar-refractivity contribution in [2.24, 2.45) is 0 Å². The van der Waals surface area contributed by atoms with Gasteiger partial charge in [0.05, 0.1) is 36.3 Å². The van der Waals surface area contributed by atoms with Gasteiger partial charge in [0.2, 0.25) is 0 Å². The summed E-state index contributed by atoms with van der Waals surface area (Å²) in [6.45, 7) is 2.63. The van der Waals surface area contributed by atoms with Crippen LogP contribution >= 0.6 is 0 Å². The lowest BCUT2D eigenvalue weighted by Crippen LogP contribution is -2.46. The second-order valence-corrected chi connectivity index (χ2v) is 5.34. The summed E-state index contributed by atoms with van der Waals surface area (Å²) >= 11 is 0. The molecule has 0 amide bonds. The van der Waals surface area contributed by atoms with Crippen LogP contribution in [0.1, 0.15) is 11.7 Å². The molecule has 1 aliphatic rings. The molecule has 1 fully saturated rings. The number of nitrogens with one attached hydrogen (secondary N) is 1. The van der Waals surface area contributed by atoms with E-state index in [1.807, 2.05) is 48.3 Å². The third-order valence-corrected chi connectivity index (χ3v) is 3.87. The normalized spacial score (nSPS) is 21.3. The molecule has 0 saturated carbocycles. The smallest absolute Gasteiger partial charge is 0.0912 e. The van der Waals surface area contributed by atoms with Crippen molar-refractivity contribution in [3.8, 4) is 5.69 Å². The summed E-state index contributed by atoms with van der Waals surface area (Å²) in [5.74, 6) is 0. The fourth-order valence-corrected chi connectivity index (χ4v) is 2.76. The molecule has 6 nitrogen and oxygen atoms in total. The van der Waals surface area contributed by atoms with Gasteiger partial charge in [0, 0.05) is 13.1 Å². The molecule has 21 heavy (non-hydrogen) atoms. The third-order valence-electron chi connectivity index (χ3n) is 3.87. The Morgan fingerprint density at radius 2 is 2.14 bits per heavy atom. The van der Waals surface area contributed by atoms with Gasteiger partial charge in [-0.2, -0.15) is 0 Å². The molecular weight excluding hydrogens is 266 g/mol. The zero-order chi connectivity index (χ0) is 14.7. The lowest BCUT2D eigenvalue weighted by Gasteiger charge is -2.35. The molecule has 1 N–H and O–H groups in total. The van der Waals surface area contributed by atoms with Crippen molar-refractivity contribution in [1.29, 1.82) is 0 Å². The minimum atomic E-state index is 0.0583. The fraction of sp³-hybridized carbons (Fsp3) is 0.467. The molecule has 1 aliphatic heterocycles. The zero-order valence-electron chi connectivity index (χ0n) is 12.4. The van der Waals surface area contributed by atoms with Crippen molar-refractivity contribution < 1.29 is 4.74 Å². The highest BCUT2D eigenvalue weighted by Gasteiger charge is 2.29. The monoisotopic (exact) mass is 287 g/mol. The molecular formula is C15H21N5O. The molecule has 0 spiro atoms. The van der Waals surface area contributed by atoms with Crippen LogP contribution in [0.5, 0.6) is 0 Å². The lowest BCUT2D eigenvalue weighted by atomic mass is 10.1. The average molecular weight is 287 g/mol. The summed E-state index contributed by atoms with van der Waals surface area (Å²) in [6.07, 6.45) is 1.90. The molecule has 1 aromatic carbocycles. The third kappa shape index (κ3) is 2.97. The molecule has 1 aromatic heterocycles. The number of nitrogens with zero attached hydrogens (tertiary/aromatic N) is 4. The molecule has 0 aliphatic carbocycles. The first-order valence-corrected chi connectivity index (χ1v) is 7.23. The standard InChI is InChI=1S/C15H21N5O/c1-16-15(14-11-19(2)8-9-21-14)13-10-17-18-20(13)12-6-4-3-5-7-12/h3-7,10,14-16H,8-9,11H2,1-2H3. The van der Waals surface area contributed by atoms with Crippen molar-refractivity contribution in [1.82, 2.24) is 25.2 Å². The topological polar surface area (TPSA) is 55.2 Å². The van der Waals surface area contributed by atoms with Crippen LogP contribution in [-0.2, 0) is 4.74 Å². The van der Waals surface area contributed by atoms with Gasteiger partial charge in [-0.15, -0.1) is 5.10 Å². The fourth-order valence-electron chi connectivity index (χ4n) is 2.76. The van der Waals surface area contributed by atoms with E-state index in [0.717, 1.165) is 31.1 Å². The number of hydrogen-bond donors (Lipinski definition) is 1. The van der Waals surface area contributed by atoms with Crippen LogP contribution < -0.4 is 5.32 Å². The van der Waals surface area contributed by atoms with E-state index in [1.165, 1.54) is 0 Å². The van der Waals surface area contributed by atoms with E-state index >= 15 is 0 Å². The molecule has 2 aromatic rings. The van der Waals surface area contributed by atoms with Gasteiger partial charge in [-0.25, -0.2) is 4.68 Å². The number of ether oxygens (including phenoxy) is 1. The van der Waals surface area contributed by atoms with E-state index in [1.54, 1.807) is 0 Å². The van der Waals surface area contributed by atoms with Gasteiger partial charge in [0.1, 0.15) is 0 Å². The number of likely N-dealkylation sites (N-methyl/N-ethyl adjacent to an activating group) is 2. The van der Waals surface area contributed by atoms with Crippen LogP contribution in [0, 0.1) is 0 Å². The quantitative estimate of drug-likeness (QED) is 0.904. The van der Waals surface area contributed by atoms with Gasteiger partial charge in [0.15, 0.2) is 0 Å². The number of morpholine rings is 1. The van der Waals surface area contributed by atoms with Crippen LogP contribution in [0.25, 0.3) is 5.69 Å². The maximum atomic E-state index is 5.94. The van der Waals surface area contributed by atoms with E-state index in [2.05, 4.69) is 27.6 Å². The molecule has 0 bridgehead atoms. The first kappa shape index (κ1) is 14.2. The van der Waals surface area contributed by atoms with Crippen molar-refractivity contribution in [3.05, 3.63) is 42.2 Å². The summed E-state index contributed by atoms with van der Waals surface area (Å²) in [5, 5.41) is 11.7. The first-order chi connectivity index (χ1) is 10.3. The summed E-state index contributed by atoms with van der Waals surface area (Å²) < 4.78 is 7.82. The van der Waals surface area contributed by atoms with Crippen LogP contribution in [0.4, 0.5) is 0 Å². The Bertz CT molecular complexity index is 570. The predicted molar refractivity (Wildman–Crippen MR) is 80.4 cm³/mol. The number of rotatable bonds is 4. The number of hydrogen-bond acceptors (Lipinski definition) is 5. The largest absolute Gasteiger partial charge is 0.374 e. The van der Waals surface area contributed by atoms with Crippen molar-refractivity contribution in [2.45, 2.75) is 12.1 Å². The number of aromatic nitrogens is 3. The van der Waals surface area contributed by atoms with Gasteiger partial charge in [-0.1, -0.05) is 23.4 Å². The molecule has 2 atom stereocenters. The van der Waals surface area contributed by atoms with E-state index in [4.69, 9.17) is 4.74 Å². The molecule has 2 heterocycles. The minimum Gasteiger partial charge on any atom is -0.374 e. The van der Waals surface area contributed by atoms with Gasteiger partial charge in [-0.05, 0) is 26.2 Å². The van der Waals surface area contributed by atoms with Gasteiger partial charge in [-0.3, -0.25) is 0 Å². The molecule has 3 rings (SSSR count). The SMILES string of the molecule is CNC(c1cnnn1-c1ccccc1)C1CN(C)CCO1. The maximum absolute atomic E-state index is 5.94. The Kier molecular flexibility index (Phi) is 4.28. The number of benzene rings is 1. The summed E-state index contributed by atoms with van der Waals surface area (Å²) in [6, 6.07) is 10.1. The Hall–Kier alpha value is -1.76. The summed E-state index contributed by atoms with van der Waals surface area (Å²) in [7, 11) is 4.07. The first-order valence-electron chi connectivity index (χ1n) is 7.23. The highest BCUT2D eigenvalue weighted by atomic mass is 16.5. The van der Waals surface area contributed by atoms with Gasteiger partial charge < -0.3 is 15.0 Å². The predicted octanol–water partition coefficient (Wildman–Crippen LogP) is 0.858. The van der Waals surface area contributed by atoms with E-state index in [0.29, 0.717) is 0 Å². The van der Waals surface area contributed by atoms with Crippen LogP contribution in [0.3, 0.4) is 0 Å². The molecule has 6 heteroatoms. The number of para-hydroxylation sites is 1. The van der Waals surface area contributed by atoms with E-state index in [-0.39, 0.29) is 12.1 Å². The van der Waals surface area contributed by atoms with Crippen LogP contribution in [0.15, 0.2) is 36.5 Å². The van der Waals surface area contributed by atoms with E-state index < -0.39 is 0 Å². The Morgan fingerprint density at radius 1 is 1.33 bits per heavy atom. The average Bonchev–Trinajstić information content (AvgIpc) is 2.98. The zero-order valence-corrected chi connectivity index (χ0v) is 12.4. The van der Waals surface area contributed by atoms with Crippen LogP contribution in [-0.4, -0.2) is 59.8 Å². The highest BCUT2D eigenvalue weighted by molar-refractivity contribution is 5.32. The summed E-state index contributed by atoms with van der Waals surface area (Å²) in [4.78, 5) is 2.29. The highest BCUT2D eigenvalue weighted by Crippen LogP contribution is 2.23. The maximum Gasteiger partial charge on any atom is 0.0912 e. The minimum absolute atomic E-state index is 0.0583. The molecule has 112 valence electrons. The summed E-state index contributed by atoms with van der Waals surface area (Å²) in [5.41, 5.74) is 2.03. The molecule has 0 radical (unpaired) electrons. The Labute approximate surface area is 124 Å². The van der Waals surface area contributed by atoms with Gasteiger partial charge in [0.25, 0.3) is 0 Å². The second-order valence-electron chi connectivity index (χ2n) is 5.34. The van der Waals surface area contributed by atoms with Crippen molar-refractivity contribution in [2.75, 3.05) is 33.8 Å². The molecule has 1 saturated heterocycles. The Morgan fingerprint density at radius 3 is 2.86 bits per heavy atom. The van der Waals surface area contributed by atoms with Crippen LogP contribution in [0.2, 0.25) is 0 Å². The van der Waals surface area contributed by atoms with E-state index in [9.17, 15) is 0 Å². The van der Waals surface area contributed by atoms with Gasteiger partial charge >= 0.3 is 0 Å². The second kappa shape index (κ2) is 6.34. The Balaban J connectivity index is 1.90. The lowest BCUT2D eigenvalue weighted by molar-refractivity contribution is -0.0391. The van der Waals surface area contributed by atoms with Crippen molar-refractivity contribution in [3.63, 3.8) is 0 Å².